The van der Waals surface area contributed by atoms with Gasteiger partial charge in [0, 0.05) is 11.6 Å². The minimum Gasteiger partial charge on any atom is -0.238 e. The van der Waals surface area contributed by atoms with Gasteiger partial charge in [0.05, 0.1) is 11.4 Å². The van der Waals surface area contributed by atoms with E-state index in [1.165, 1.54) is 0 Å². The van der Waals surface area contributed by atoms with Crippen molar-refractivity contribution < 1.29 is 0 Å². The average Bonchev–Trinajstić information content (AvgIpc) is 3.02. The van der Waals surface area contributed by atoms with Gasteiger partial charge in [-0.05, 0) is 35.5 Å². The van der Waals surface area contributed by atoms with Gasteiger partial charge in [0.2, 0.25) is 0 Å². The van der Waals surface area contributed by atoms with Crippen molar-refractivity contribution in [2.75, 3.05) is 0 Å². The Morgan fingerprint density at radius 3 is 2.65 bits per heavy atom. The van der Waals surface area contributed by atoms with Gasteiger partial charge in [-0.3, -0.25) is 0 Å². The van der Waals surface area contributed by atoms with E-state index in [1.807, 2.05) is 43.3 Å². The SMILES string of the molecule is Cc1cc(SCc2nnnn2-c2ccccc2)nc(C(C)C)n1. The zero-order valence-corrected chi connectivity index (χ0v) is 14.2. The number of tetrazole rings is 1. The molecule has 7 heteroatoms. The molecule has 2 aromatic heterocycles. The normalized spacial score (nSPS) is 11.1. The second-order valence-corrected chi connectivity index (χ2v) is 6.49. The molecule has 23 heavy (non-hydrogen) atoms. The van der Waals surface area contributed by atoms with Gasteiger partial charge in [0.25, 0.3) is 0 Å². The van der Waals surface area contributed by atoms with Crippen LogP contribution >= 0.6 is 11.8 Å². The van der Waals surface area contributed by atoms with Crippen LogP contribution in [0.5, 0.6) is 0 Å². The monoisotopic (exact) mass is 326 g/mol. The maximum atomic E-state index is 4.61. The third-order valence-corrected chi connectivity index (χ3v) is 4.16. The van der Waals surface area contributed by atoms with Crippen LogP contribution in [0, 0.1) is 6.92 Å². The van der Waals surface area contributed by atoms with Gasteiger partial charge in [-0.15, -0.1) is 5.10 Å². The number of hydrogen-bond donors (Lipinski definition) is 0. The molecule has 0 bridgehead atoms. The molecule has 118 valence electrons. The van der Waals surface area contributed by atoms with Crippen molar-refractivity contribution in [3.8, 4) is 5.69 Å². The second kappa shape index (κ2) is 6.87. The van der Waals surface area contributed by atoms with Crippen LogP contribution < -0.4 is 0 Å². The lowest BCUT2D eigenvalue weighted by Crippen LogP contribution is -2.03. The summed E-state index contributed by atoms with van der Waals surface area (Å²) >= 11 is 1.62. The summed E-state index contributed by atoms with van der Waals surface area (Å²) in [6, 6.07) is 11.9. The van der Waals surface area contributed by atoms with Gasteiger partial charge in [0.15, 0.2) is 5.82 Å². The molecule has 0 fully saturated rings. The summed E-state index contributed by atoms with van der Waals surface area (Å²) in [5.74, 6) is 2.62. The molecule has 0 aliphatic heterocycles. The second-order valence-electron chi connectivity index (χ2n) is 5.49. The highest BCUT2D eigenvalue weighted by molar-refractivity contribution is 7.98. The third kappa shape index (κ3) is 3.73. The van der Waals surface area contributed by atoms with Crippen LogP contribution in [-0.4, -0.2) is 30.2 Å². The molecule has 2 heterocycles. The molecule has 0 N–H and O–H groups in total. The highest BCUT2D eigenvalue weighted by atomic mass is 32.2. The zero-order chi connectivity index (χ0) is 16.2. The predicted molar refractivity (Wildman–Crippen MR) is 89.6 cm³/mol. The number of nitrogens with zero attached hydrogens (tertiary/aromatic N) is 6. The molecule has 0 saturated carbocycles. The Kier molecular flexibility index (Phi) is 4.66. The van der Waals surface area contributed by atoms with Gasteiger partial charge >= 0.3 is 0 Å². The minimum absolute atomic E-state index is 0.309. The molecule has 1 aromatic carbocycles. The van der Waals surface area contributed by atoms with E-state index >= 15 is 0 Å². The lowest BCUT2D eigenvalue weighted by Gasteiger charge is -2.08. The standard InChI is InChI=1S/C16H18N6S/c1-11(2)16-17-12(3)9-15(18-16)23-10-14-19-20-21-22(14)13-7-5-4-6-8-13/h4-9,11H,10H2,1-3H3. The molecule has 0 amide bonds. The summed E-state index contributed by atoms with van der Waals surface area (Å²) in [6.45, 7) is 6.18. The Morgan fingerprint density at radius 1 is 1.13 bits per heavy atom. The first-order valence-corrected chi connectivity index (χ1v) is 8.43. The number of benzene rings is 1. The van der Waals surface area contributed by atoms with Crippen molar-refractivity contribution in [1.29, 1.82) is 0 Å². The molecule has 0 aliphatic carbocycles. The quantitative estimate of drug-likeness (QED) is 0.530. The highest BCUT2D eigenvalue weighted by Gasteiger charge is 2.11. The van der Waals surface area contributed by atoms with Crippen molar-refractivity contribution in [1.82, 2.24) is 30.2 Å². The summed E-state index contributed by atoms with van der Waals surface area (Å²) < 4.78 is 1.75. The van der Waals surface area contributed by atoms with E-state index in [4.69, 9.17) is 0 Å². The molecule has 0 radical (unpaired) electrons. The molecule has 6 nitrogen and oxygen atoms in total. The lowest BCUT2D eigenvalue weighted by molar-refractivity contribution is 0.744. The molecule has 0 spiro atoms. The van der Waals surface area contributed by atoms with E-state index in [0.29, 0.717) is 11.7 Å². The van der Waals surface area contributed by atoms with Gasteiger partial charge in [-0.25, -0.2) is 9.97 Å². The van der Waals surface area contributed by atoms with Crippen molar-refractivity contribution in [3.05, 3.63) is 53.7 Å². The number of aromatic nitrogens is 6. The third-order valence-electron chi connectivity index (χ3n) is 3.25. The van der Waals surface area contributed by atoms with Crippen molar-refractivity contribution >= 4 is 11.8 Å². The van der Waals surface area contributed by atoms with Crippen LogP contribution in [0.3, 0.4) is 0 Å². The summed E-state index contributed by atoms with van der Waals surface area (Å²) in [5.41, 5.74) is 1.93. The number of para-hydroxylation sites is 1. The van der Waals surface area contributed by atoms with E-state index in [-0.39, 0.29) is 0 Å². The average molecular weight is 326 g/mol. The smallest absolute Gasteiger partial charge is 0.166 e. The number of hydrogen-bond acceptors (Lipinski definition) is 6. The summed E-state index contributed by atoms with van der Waals surface area (Å²) in [6.07, 6.45) is 0. The summed E-state index contributed by atoms with van der Waals surface area (Å²) in [4.78, 5) is 9.08. The fourth-order valence-electron chi connectivity index (χ4n) is 2.10. The van der Waals surface area contributed by atoms with Crippen molar-refractivity contribution in [2.45, 2.75) is 37.5 Å². The number of aryl methyl sites for hydroxylation is 1. The largest absolute Gasteiger partial charge is 0.238 e. The van der Waals surface area contributed by atoms with E-state index < -0.39 is 0 Å². The Bertz CT molecular complexity index is 784. The van der Waals surface area contributed by atoms with Crippen LogP contribution in [0.25, 0.3) is 5.69 Å². The molecular weight excluding hydrogens is 308 g/mol. The molecular formula is C16H18N6S. The van der Waals surface area contributed by atoms with Crippen molar-refractivity contribution in [3.63, 3.8) is 0 Å². The van der Waals surface area contributed by atoms with Crippen LogP contribution in [0.4, 0.5) is 0 Å². The fourth-order valence-corrected chi connectivity index (χ4v) is 2.97. The number of rotatable bonds is 5. The number of thioether (sulfide) groups is 1. The molecule has 0 saturated heterocycles. The first-order chi connectivity index (χ1) is 11.1. The van der Waals surface area contributed by atoms with Crippen LogP contribution in [0.15, 0.2) is 41.4 Å². The first kappa shape index (κ1) is 15.6. The lowest BCUT2D eigenvalue weighted by atomic mass is 10.2. The fraction of sp³-hybridized carbons (Fsp3) is 0.312. The van der Waals surface area contributed by atoms with Gasteiger partial charge < -0.3 is 0 Å². The summed E-state index contributed by atoms with van der Waals surface area (Å²) in [5, 5.41) is 12.9. The van der Waals surface area contributed by atoms with E-state index in [9.17, 15) is 0 Å². The molecule has 0 atom stereocenters. The molecule has 3 rings (SSSR count). The van der Waals surface area contributed by atoms with E-state index in [2.05, 4.69) is 39.3 Å². The van der Waals surface area contributed by atoms with Crippen LogP contribution in [0.1, 0.15) is 37.1 Å². The Morgan fingerprint density at radius 2 is 1.91 bits per heavy atom. The summed E-state index contributed by atoms with van der Waals surface area (Å²) in [7, 11) is 0. The predicted octanol–water partition coefficient (Wildman–Crippen LogP) is 3.18. The molecule has 3 aromatic rings. The van der Waals surface area contributed by atoms with Crippen LogP contribution in [-0.2, 0) is 5.75 Å². The Balaban J connectivity index is 1.79. The first-order valence-electron chi connectivity index (χ1n) is 7.44. The maximum Gasteiger partial charge on any atom is 0.166 e. The zero-order valence-electron chi connectivity index (χ0n) is 13.3. The topological polar surface area (TPSA) is 69.4 Å². The van der Waals surface area contributed by atoms with Crippen molar-refractivity contribution in [2.24, 2.45) is 0 Å². The minimum atomic E-state index is 0.309. The van der Waals surface area contributed by atoms with E-state index in [0.717, 1.165) is 28.1 Å². The molecule has 0 aliphatic rings. The van der Waals surface area contributed by atoms with Gasteiger partial charge in [-0.1, -0.05) is 43.8 Å². The van der Waals surface area contributed by atoms with Crippen LogP contribution in [0.2, 0.25) is 0 Å². The van der Waals surface area contributed by atoms with Gasteiger partial charge in [-0.2, -0.15) is 4.68 Å². The molecule has 0 unspecified atom stereocenters. The maximum absolute atomic E-state index is 4.61. The van der Waals surface area contributed by atoms with Gasteiger partial charge in [0.1, 0.15) is 10.9 Å². The highest BCUT2D eigenvalue weighted by Crippen LogP contribution is 2.23. The Hall–Kier alpha value is -2.28. The Labute approximate surface area is 139 Å². The van der Waals surface area contributed by atoms with E-state index in [1.54, 1.807) is 16.4 Å².